The molecule has 3 aromatic rings. The number of rotatable bonds is 12. The maximum atomic E-state index is 13.9. The number of hydrogen-bond acceptors (Lipinski definition) is 4. The number of aliphatic imine (C=N–C) groups is 1. The Labute approximate surface area is 234 Å². The molecule has 1 heterocycles. The van der Waals surface area contributed by atoms with Gasteiger partial charge in [0.15, 0.2) is 11.7 Å². The molecule has 0 aromatic heterocycles. The molecule has 0 amide bonds. The Bertz CT molecular complexity index is 1320. The van der Waals surface area contributed by atoms with Gasteiger partial charge in [0.05, 0.1) is 10.8 Å². The van der Waals surface area contributed by atoms with Gasteiger partial charge in [-0.2, -0.15) is 0 Å². The minimum absolute atomic E-state index is 0.0861. The van der Waals surface area contributed by atoms with Crippen LogP contribution in [-0.4, -0.2) is 40.8 Å². The molecule has 1 aliphatic heterocycles. The first-order chi connectivity index (χ1) is 19.3. The lowest BCUT2D eigenvalue weighted by atomic mass is 9.90. The summed E-state index contributed by atoms with van der Waals surface area (Å²) < 4.78 is 0. The molecule has 5 N–H and O–H groups in total. The van der Waals surface area contributed by atoms with Crippen LogP contribution in [0.4, 0.5) is 5.69 Å². The fourth-order valence-corrected chi connectivity index (χ4v) is 5.19. The molecule has 0 spiro atoms. The van der Waals surface area contributed by atoms with Crippen molar-refractivity contribution in [3.05, 3.63) is 106 Å². The monoisotopic (exact) mass is 542 g/mol. The van der Waals surface area contributed by atoms with Crippen molar-refractivity contribution in [2.45, 2.75) is 44.6 Å². The summed E-state index contributed by atoms with van der Waals surface area (Å²) in [5.74, 6) is -1.84. The number of carboxylic acid groups (broad SMARTS) is 1. The van der Waals surface area contributed by atoms with E-state index in [4.69, 9.17) is 11.5 Å². The first-order valence-electron chi connectivity index (χ1n) is 13.6. The van der Waals surface area contributed by atoms with Gasteiger partial charge in [-0.1, -0.05) is 78.2 Å². The van der Waals surface area contributed by atoms with Crippen molar-refractivity contribution >= 4 is 23.4 Å². The van der Waals surface area contributed by atoms with E-state index in [2.05, 4.69) is 4.99 Å². The third-order valence-corrected chi connectivity index (χ3v) is 7.16. The SMILES string of the molecule is NC(N)=NCCCCCc1ccc2c(c1)C(=O)C(CCC(=O)O)C[N+](=O)N2C(c1ccccc1)c1ccccc1. The fraction of sp³-hybridized carbons (Fsp3) is 0.323. The molecule has 208 valence electrons. The van der Waals surface area contributed by atoms with Gasteiger partial charge in [0.25, 0.3) is 0 Å². The van der Waals surface area contributed by atoms with Gasteiger partial charge < -0.3 is 16.6 Å². The Kier molecular flexibility index (Phi) is 9.62. The zero-order valence-electron chi connectivity index (χ0n) is 22.5. The number of hydrazine groups is 1. The zero-order valence-corrected chi connectivity index (χ0v) is 22.5. The Hall–Kier alpha value is -4.53. The smallest absolute Gasteiger partial charge is 0.303 e. The van der Waals surface area contributed by atoms with Gasteiger partial charge in [-0.05, 0) is 54.5 Å². The van der Waals surface area contributed by atoms with Crippen molar-refractivity contribution in [2.24, 2.45) is 22.4 Å². The van der Waals surface area contributed by atoms with Gasteiger partial charge >= 0.3 is 5.97 Å². The molecule has 1 atom stereocenters. The first-order valence-corrected chi connectivity index (χ1v) is 13.6. The van der Waals surface area contributed by atoms with E-state index in [1.54, 1.807) is 5.01 Å². The number of fused-ring (bicyclic) bond motifs is 1. The zero-order chi connectivity index (χ0) is 28.5. The normalized spacial score (nSPS) is 15.0. The number of carboxylic acids is 1. The number of aliphatic carboxylic acids is 1. The number of nitrogens with two attached hydrogens (primary N) is 2. The third kappa shape index (κ3) is 7.11. The van der Waals surface area contributed by atoms with Crippen LogP contribution in [-0.2, 0) is 11.2 Å². The molecule has 0 fully saturated rings. The predicted molar refractivity (Wildman–Crippen MR) is 155 cm³/mol. The average molecular weight is 543 g/mol. The molecule has 0 saturated heterocycles. The molecule has 4 rings (SSSR count). The molecule has 9 nitrogen and oxygen atoms in total. The van der Waals surface area contributed by atoms with E-state index < -0.39 is 17.9 Å². The third-order valence-electron chi connectivity index (χ3n) is 7.16. The molecule has 1 aliphatic rings. The van der Waals surface area contributed by atoms with Crippen molar-refractivity contribution in [1.29, 1.82) is 0 Å². The van der Waals surface area contributed by atoms with E-state index in [-0.39, 0.29) is 31.1 Å². The molecular formula is C31H36N5O4+. The number of anilines is 1. The van der Waals surface area contributed by atoms with E-state index >= 15 is 0 Å². The maximum absolute atomic E-state index is 13.9. The predicted octanol–water partition coefficient (Wildman–Crippen LogP) is 4.64. The van der Waals surface area contributed by atoms with Crippen LogP contribution in [0.1, 0.15) is 65.2 Å². The van der Waals surface area contributed by atoms with Crippen LogP contribution in [0.25, 0.3) is 0 Å². The summed E-state index contributed by atoms with van der Waals surface area (Å²) in [5.41, 5.74) is 14.5. The number of aryl methyl sites for hydroxylation is 1. The average Bonchev–Trinajstić information content (AvgIpc) is 3.05. The van der Waals surface area contributed by atoms with Gasteiger partial charge in [0, 0.05) is 18.5 Å². The Morgan fingerprint density at radius 1 is 0.975 bits per heavy atom. The van der Waals surface area contributed by atoms with Gasteiger partial charge in [-0.3, -0.25) is 14.6 Å². The van der Waals surface area contributed by atoms with Gasteiger partial charge in [0.2, 0.25) is 6.54 Å². The number of carbonyl (C=O) groups excluding carboxylic acids is 1. The maximum Gasteiger partial charge on any atom is 0.303 e. The molecule has 0 saturated carbocycles. The summed E-state index contributed by atoms with van der Waals surface area (Å²) in [7, 11) is 0. The second kappa shape index (κ2) is 13.5. The van der Waals surface area contributed by atoms with Crippen LogP contribution < -0.4 is 16.5 Å². The molecule has 40 heavy (non-hydrogen) atoms. The quantitative estimate of drug-likeness (QED) is 0.131. The fourth-order valence-electron chi connectivity index (χ4n) is 5.19. The lowest BCUT2D eigenvalue weighted by Crippen LogP contribution is -2.39. The highest BCUT2D eigenvalue weighted by atomic mass is 16.4. The van der Waals surface area contributed by atoms with Gasteiger partial charge in [0.1, 0.15) is 16.6 Å². The number of benzene rings is 3. The first kappa shape index (κ1) is 28.5. The van der Waals surface area contributed by atoms with Crippen molar-refractivity contribution in [2.75, 3.05) is 18.1 Å². The number of nitroso groups, excluding NO2 is 1. The molecule has 1 unspecified atom stereocenters. The summed E-state index contributed by atoms with van der Waals surface area (Å²) in [4.78, 5) is 43.9. The molecule has 0 bridgehead atoms. The molecule has 9 heteroatoms. The Balaban J connectivity index is 1.72. The van der Waals surface area contributed by atoms with Crippen LogP contribution >= 0.6 is 0 Å². The second-order valence-electron chi connectivity index (χ2n) is 10.1. The number of carbonyl (C=O) groups is 2. The summed E-state index contributed by atoms with van der Waals surface area (Å²) in [5, 5.41) is 10.9. The number of nitrogens with zero attached hydrogens (tertiary/aromatic N) is 3. The number of ketones is 1. The Morgan fingerprint density at radius 2 is 1.62 bits per heavy atom. The largest absolute Gasteiger partial charge is 0.481 e. The number of guanidine groups is 1. The Morgan fingerprint density at radius 3 is 2.23 bits per heavy atom. The topological polar surface area (TPSA) is 142 Å². The molecule has 3 aromatic carbocycles. The summed E-state index contributed by atoms with van der Waals surface area (Å²) in [6.07, 6.45) is 3.33. The summed E-state index contributed by atoms with van der Waals surface area (Å²) in [6.45, 7) is 0.446. The van der Waals surface area contributed by atoms with Crippen molar-refractivity contribution in [1.82, 2.24) is 0 Å². The van der Waals surface area contributed by atoms with E-state index in [1.165, 1.54) is 0 Å². The summed E-state index contributed by atoms with van der Waals surface area (Å²) in [6, 6.07) is 24.6. The van der Waals surface area contributed by atoms with Gasteiger partial charge in [-0.25, -0.2) is 0 Å². The highest BCUT2D eigenvalue weighted by Crippen LogP contribution is 2.39. The number of hydrogen-bond donors (Lipinski definition) is 3. The number of unbranched alkanes of at least 4 members (excludes halogenated alkanes) is 2. The van der Waals surface area contributed by atoms with Crippen LogP contribution in [0, 0.1) is 10.8 Å². The highest BCUT2D eigenvalue weighted by Gasteiger charge is 2.43. The van der Waals surface area contributed by atoms with Crippen molar-refractivity contribution in [3.8, 4) is 0 Å². The minimum atomic E-state index is -0.993. The van der Waals surface area contributed by atoms with Crippen molar-refractivity contribution < 1.29 is 19.6 Å². The van der Waals surface area contributed by atoms with Crippen LogP contribution in [0.2, 0.25) is 0 Å². The number of Topliss-reactive ketones (excluding diaryl/α,β-unsaturated/α-hetero) is 1. The molecule has 0 radical (unpaired) electrons. The highest BCUT2D eigenvalue weighted by molar-refractivity contribution is 6.03. The van der Waals surface area contributed by atoms with Crippen LogP contribution in [0.5, 0.6) is 0 Å². The van der Waals surface area contributed by atoms with E-state index in [0.717, 1.165) is 47.2 Å². The van der Waals surface area contributed by atoms with E-state index in [0.29, 0.717) is 17.8 Å². The second-order valence-corrected chi connectivity index (χ2v) is 10.1. The van der Waals surface area contributed by atoms with Crippen molar-refractivity contribution in [3.63, 3.8) is 0 Å². The van der Waals surface area contributed by atoms with E-state index in [1.807, 2.05) is 78.9 Å². The van der Waals surface area contributed by atoms with E-state index in [9.17, 15) is 19.6 Å². The minimum Gasteiger partial charge on any atom is -0.481 e. The molecular weight excluding hydrogens is 506 g/mol. The lowest BCUT2D eigenvalue weighted by molar-refractivity contribution is -0.569. The lowest BCUT2D eigenvalue weighted by Gasteiger charge is -2.26. The van der Waals surface area contributed by atoms with Gasteiger partial charge in [-0.15, -0.1) is 0 Å². The summed E-state index contributed by atoms with van der Waals surface area (Å²) >= 11 is 0. The standard InChI is InChI=1S/C31H35N5O4/c32-31(33)34-19-9-3-4-10-22-15-17-27-26(20-22)30(39)25(16-18-28(37)38)21-35(40)36(27)29(23-11-5-1-6-12-23)24-13-7-2-8-14-24/h1-2,5-8,11-15,17,20,25,29H,3-4,9-10,16,18-19,21H2,(H4-,32,33,34,37,38)/p+1. The van der Waals surface area contributed by atoms with Crippen LogP contribution in [0.15, 0.2) is 83.9 Å². The molecule has 0 aliphatic carbocycles. The van der Waals surface area contributed by atoms with Crippen LogP contribution in [0.3, 0.4) is 0 Å².